The van der Waals surface area contributed by atoms with Crippen molar-refractivity contribution in [3.8, 4) is 0 Å². The molecule has 0 heterocycles. The van der Waals surface area contributed by atoms with Crippen LogP contribution in [-0.2, 0) is 18.5 Å². The van der Waals surface area contributed by atoms with Crippen molar-refractivity contribution in [1.82, 2.24) is 0 Å². The Kier molecular flexibility index (Phi) is 9.50. The van der Waals surface area contributed by atoms with Crippen molar-refractivity contribution in [3.05, 3.63) is 0 Å². The van der Waals surface area contributed by atoms with Crippen molar-refractivity contribution in [2.45, 2.75) is 0 Å². The minimum absolute atomic E-state index is 0.333. The molecule has 12 heavy (non-hydrogen) atoms. The summed E-state index contributed by atoms with van der Waals surface area (Å²) in [7, 11) is 1.28. The highest BCUT2D eigenvalue weighted by atomic mass is 31.2. The van der Waals surface area contributed by atoms with Gasteiger partial charge in [-0.25, -0.2) is 0 Å². The Morgan fingerprint density at radius 3 is 2.33 bits per heavy atom. The van der Waals surface area contributed by atoms with Crippen molar-refractivity contribution >= 4 is 8.60 Å². The Bertz CT molecular complexity index is 92.0. The summed E-state index contributed by atoms with van der Waals surface area (Å²) in [5.74, 6) is 0. The molecule has 0 radical (unpaired) electrons. The van der Waals surface area contributed by atoms with Crippen LogP contribution in [0.3, 0.4) is 0 Å². The minimum Gasteiger partial charge on any atom is -0.382 e. The number of methoxy groups -OCH3 is 1. The van der Waals surface area contributed by atoms with Crippen molar-refractivity contribution in [1.29, 1.82) is 0 Å². The monoisotopic (exact) mass is 198 g/mol. The molecule has 1 N–H and O–H groups in total. The van der Waals surface area contributed by atoms with Gasteiger partial charge in [0, 0.05) is 14.2 Å². The Morgan fingerprint density at radius 2 is 1.75 bits per heavy atom. The summed E-state index contributed by atoms with van der Waals surface area (Å²) in [4.78, 5) is 8.80. The molecular formula is C6H15O5P. The van der Waals surface area contributed by atoms with Crippen LogP contribution >= 0.6 is 8.60 Å². The maximum atomic E-state index is 8.80. The van der Waals surface area contributed by atoms with E-state index in [0.717, 1.165) is 0 Å². The van der Waals surface area contributed by atoms with Gasteiger partial charge in [0.15, 0.2) is 0 Å². The number of ether oxygens (including phenoxy) is 2. The first-order valence-corrected chi connectivity index (χ1v) is 4.67. The molecule has 0 aliphatic carbocycles. The molecule has 0 rings (SSSR count). The van der Waals surface area contributed by atoms with Gasteiger partial charge >= 0.3 is 8.60 Å². The van der Waals surface area contributed by atoms with Crippen LogP contribution in [0.2, 0.25) is 0 Å². The smallest absolute Gasteiger partial charge is 0.329 e. The molecule has 0 bridgehead atoms. The standard InChI is InChI=1S/C6H15O5P/c1-8-3-4-10-5-6-11-12(7)9-2/h7H,3-6H2,1-2H3. The van der Waals surface area contributed by atoms with Crippen LogP contribution in [0.5, 0.6) is 0 Å². The zero-order valence-corrected chi connectivity index (χ0v) is 8.25. The fraction of sp³-hybridized carbons (Fsp3) is 1.00. The largest absolute Gasteiger partial charge is 0.382 e. The van der Waals surface area contributed by atoms with Gasteiger partial charge in [0.2, 0.25) is 0 Å². The Hall–Kier alpha value is 0.230. The molecule has 0 spiro atoms. The molecular weight excluding hydrogens is 183 g/mol. The Morgan fingerprint density at radius 1 is 1.08 bits per heavy atom. The fourth-order valence-electron chi connectivity index (χ4n) is 0.471. The van der Waals surface area contributed by atoms with E-state index in [9.17, 15) is 0 Å². The van der Waals surface area contributed by atoms with E-state index in [1.807, 2.05) is 0 Å². The molecule has 0 aromatic rings. The average Bonchev–Trinajstić information content (AvgIpc) is 2.10. The van der Waals surface area contributed by atoms with Crippen LogP contribution in [0.25, 0.3) is 0 Å². The minimum atomic E-state index is -1.71. The second-order valence-corrected chi connectivity index (χ2v) is 2.96. The summed E-state index contributed by atoms with van der Waals surface area (Å²) in [6.45, 7) is 1.88. The molecule has 0 aliphatic rings. The highest BCUT2D eigenvalue weighted by Crippen LogP contribution is 2.30. The van der Waals surface area contributed by atoms with Gasteiger partial charge in [-0.2, -0.15) is 0 Å². The van der Waals surface area contributed by atoms with Gasteiger partial charge in [0.25, 0.3) is 0 Å². The van der Waals surface area contributed by atoms with E-state index in [4.69, 9.17) is 18.9 Å². The van der Waals surface area contributed by atoms with Crippen molar-refractivity contribution in [2.75, 3.05) is 40.6 Å². The van der Waals surface area contributed by atoms with Gasteiger partial charge in [-0.15, -0.1) is 0 Å². The van der Waals surface area contributed by atoms with Gasteiger partial charge in [-0.05, 0) is 0 Å². The van der Waals surface area contributed by atoms with E-state index in [1.165, 1.54) is 7.11 Å². The fourth-order valence-corrected chi connectivity index (χ4v) is 0.807. The second-order valence-electron chi connectivity index (χ2n) is 1.86. The van der Waals surface area contributed by atoms with Crippen molar-refractivity contribution < 1.29 is 23.4 Å². The molecule has 0 aromatic heterocycles. The highest BCUT2D eigenvalue weighted by Gasteiger charge is 2.01. The van der Waals surface area contributed by atoms with Crippen molar-refractivity contribution in [3.63, 3.8) is 0 Å². The third kappa shape index (κ3) is 8.33. The zero-order valence-electron chi connectivity index (χ0n) is 7.36. The van der Waals surface area contributed by atoms with Gasteiger partial charge in [-0.1, -0.05) is 0 Å². The van der Waals surface area contributed by atoms with Gasteiger partial charge in [-0.3, -0.25) is 0 Å². The molecule has 5 nitrogen and oxygen atoms in total. The third-order valence-electron chi connectivity index (χ3n) is 1.02. The molecule has 1 unspecified atom stereocenters. The van der Waals surface area contributed by atoms with E-state index in [1.54, 1.807) is 7.11 Å². The summed E-state index contributed by atoms with van der Waals surface area (Å²) >= 11 is 0. The third-order valence-corrected chi connectivity index (χ3v) is 1.73. The molecule has 0 aliphatic heterocycles. The van der Waals surface area contributed by atoms with Crippen LogP contribution in [0.4, 0.5) is 0 Å². The van der Waals surface area contributed by atoms with E-state index < -0.39 is 8.60 Å². The molecule has 74 valence electrons. The molecule has 1 atom stereocenters. The first kappa shape index (κ1) is 12.2. The Labute approximate surface area is 73.6 Å². The lowest BCUT2D eigenvalue weighted by molar-refractivity contribution is 0.0513. The molecule has 6 heteroatoms. The highest BCUT2D eigenvalue weighted by molar-refractivity contribution is 7.40. The van der Waals surface area contributed by atoms with Gasteiger partial charge < -0.3 is 23.4 Å². The van der Waals surface area contributed by atoms with Crippen LogP contribution in [0.15, 0.2) is 0 Å². The van der Waals surface area contributed by atoms with E-state index in [2.05, 4.69) is 4.52 Å². The summed E-state index contributed by atoms with van der Waals surface area (Å²) in [5, 5.41) is 0. The maximum Gasteiger partial charge on any atom is 0.329 e. The maximum absolute atomic E-state index is 8.80. The van der Waals surface area contributed by atoms with E-state index in [-0.39, 0.29) is 0 Å². The molecule has 0 aromatic carbocycles. The van der Waals surface area contributed by atoms with Crippen LogP contribution < -0.4 is 0 Å². The molecule has 0 amide bonds. The normalized spacial score (nSPS) is 13.2. The first-order chi connectivity index (χ1) is 5.81. The molecule has 0 saturated heterocycles. The summed E-state index contributed by atoms with van der Waals surface area (Å²) < 4.78 is 19.1. The predicted molar refractivity (Wildman–Crippen MR) is 44.8 cm³/mol. The topological polar surface area (TPSA) is 57.2 Å². The van der Waals surface area contributed by atoms with Crippen LogP contribution in [0.1, 0.15) is 0 Å². The van der Waals surface area contributed by atoms with Crippen LogP contribution in [0, 0.1) is 0 Å². The SMILES string of the molecule is COCCOCCOP(O)OC. The summed E-state index contributed by atoms with van der Waals surface area (Å²) in [6.07, 6.45) is 0. The summed E-state index contributed by atoms with van der Waals surface area (Å²) in [5.41, 5.74) is 0. The number of hydrogen-bond donors (Lipinski definition) is 1. The first-order valence-electron chi connectivity index (χ1n) is 3.54. The molecule has 0 saturated carbocycles. The van der Waals surface area contributed by atoms with Crippen LogP contribution in [-0.4, -0.2) is 45.5 Å². The lowest BCUT2D eigenvalue weighted by atomic mass is 10.7. The number of hydrogen-bond acceptors (Lipinski definition) is 5. The lowest BCUT2D eigenvalue weighted by Gasteiger charge is -2.07. The average molecular weight is 198 g/mol. The number of rotatable bonds is 8. The van der Waals surface area contributed by atoms with E-state index >= 15 is 0 Å². The predicted octanol–water partition coefficient (Wildman–Crippen LogP) is 0.532. The second kappa shape index (κ2) is 9.32. The van der Waals surface area contributed by atoms with Gasteiger partial charge in [0.1, 0.15) is 0 Å². The van der Waals surface area contributed by atoms with Crippen molar-refractivity contribution in [2.24, 2.45) is 0 Å². The summed E-state index contributed by atoms with van der Waals surface area (Å²) in [6, 6.07) is 0. The van der Waals surface area contributed by atoms with Gasteiger partial charge in [0.05, 0.1) is 26.4 Å². The Balaban J connectivity index is 2.90. The zero-order chi connectivity index (χ0) is 9.23. The van der Waals surface area contributed by atoms with E-state index in [0.29, 0.717) is 26.4 Å². The lowest BCUT2D eigenvalue weighted by Crippen LogP contribution is -2.06. The molecule has 0 fully saturated rings. The quantitative estimate of drug-likeness (QED) is 0.455.